The van der Waals surface area contributed by atoms with E-state index in [4.69, 9.17) is 0 Å². The third-order valence-electron chi connectivity index (χ3n) is 5.23. The average molecular weight is 470 g/mol. The van der Waals surface area contributed by atoms with Crippen molar-refractivity contribution in [2.75, 3.05) is 12.4 Å². The van der Waals surface area contributed by atoms with Crippen LogP contribution in [-0.4, -0.2) is 62.6 Å². The normalized spacial score (nSPS) is 14.6. The van der Waals surface area contributed by atoms with Gasteiger partial charge in [0, 0.05) is 6.20 Å². The Kier molecular flexibility index (Phi) is 8.91. The van der Waals surface area contributed by atoms with Gasteiger partial charge in [0.1, 0.15) is 12.6 Å². The van der Waals surface area contributed by atoms with E-state index in [-0.39, 0.29) is 12.8 Å². The summed E-state index contributed by atoms with van der Waals surface area (Å²) in [6.45, 7) is -0.515. The van der Waals surface area contributed by atoms with Gasteiger partial charge in [-0.05, 0) is 35.8 Å². The number of carbonyl (C=O) groups is 3. The third kappa shape index (κ3) is 7.37. The number of rotatable bonds is 12. The highest BCUT2D eigenvalue weighted by Crippen LogP contribution is 2.19. The van der Waals surface area contributed by atoms with Gasteiger partial charge in [-0.1, -0.05) is 60.7 Å². The van der Waals surface area contributed by atoms with E-state index in [1.165, 1.54) is 11.8 Å². The van der Waals surface area contributed by atoms with Crippen LogP contribution in [0.25, 0.3) is 0 Å². The number of hydrogen-bond acceptors (Lipinski definition) is 6. The molecule has 8 nitrogen and oxygen atoms in total. The molecule has 1 aliphatic heterocycles. The van der Waals surface area contributed by atoms with E-state index in [2.05, 4.69) is 5.32 Å². The molecule has 3 N–H and O–H groups in total. The summed E-state index contributed by atoms with van der Waals surface area (Å²) in [6, 6.07) is 16.9. The number of carboxylic acid groups (broad SMARTS) is 2. The Labute approximate surface area is 196 Å². The first-order valence-corrected chi connectivity index (χ1v) is 11.6. The first-order chi connectivity index (χ1) is 15.9. The molecule has 0 spiro atoms. The quantitative estimate of drug-likeness (QED) is 0.435. The zero-order valence-corrected chi connectivity index (χ0v) is 18.9. The van der Waals surface area contributed by atoms with E-state index in [1.54, 1.807) is 16.6 Å². The van der Waals surface area contributed by atoms with E-state index in [1.807, 2.05) is 60.7 Å². The molecule has 1 heterocycles. The monoisotopic (exact) mass is 469 g/mol. The fraction of sp³-hybridized carbons (Fsp3) is 0.292. The lowest BCUT2D eigenvalue weighted by Crippen LogP contribution is -2.57. The summed E-state index contributed by atoms with van der Waals surface area (Å²) >= 11 is 1.44. The van der Waals surface area contributed by atoms with E-state index in [9.17, 15) is 24.6 Å². The second kappa shape index (κ2) is 12.1. The largest absolute Gasteiger partial charge is 0.480 e. The van der Waals surface area contributed by atoms with Crippen molar-refractivity contribution in [1.82, 2.24) is 15.3 Å². The molecule has 1 aliphatic rings. The smallest absolute Gasteiger partial charge is 0.325 e. The Balaban J connectivity index is 1.81. The minimum Gasteiger partial charge on any atom is -0.480 e. The molecule has 3 rings (SSSR count). The molecule has 0 radical (unpaired) electrons. The highest BCUT2D eigenvalue weighted by molar-refractivity contribution is 8.02. The molecule has 0 aromatic heterocycles. The van der Waals surface area contributed by atoms with Crippen LogP contribution in [0.1, 0.15) is 17.5 Å². The van der Waals surface area contributed by atoms with Gasteiger partial charge in [0.05, 0.1) is 11.9 Å². The number of benzene rings is 2. The zero-order valence-electron chi connectivity index (χ0n) is 18.0. The summed E-state index contributed by atoms with van der Waals surface area (Å²) in [4.78, 5) is 37.0. The number of thioether (sulfide) groups is 1. The Morgan fingerprint density at radius 2 is 1.61 bits per heavy atom. The van der Waals surface area contributed by atoms with Crippen molar-refractivity contribution in [2.24, 2.45) is 0 Å². The van der Waals surface area contributed by atoms with Crippen LogP contribution in [0.5, 0.6) is 0 Å². The molecule has 33 heavy (non-hydrogen) atoms. The van der Waals surface area contributed by atoms with E-state index in [0.717, 1.165) is 16.1 Å². The number of carboxylic acids is 2. The van der Waals surface area contributed by atoms with E-state index in [0.29, 0.717) is 12.3 Å². The molecule has 0 saturated heterocycles. The lowest BCUT2D eigenvalue weighted by molar-refractivity contribution is -0.156. The topological polar surface area (TPSA) is 110 Å². The zero-order chi connectivity index (χ0) is 23.6. The maximum atomic E-state index is 13.5. The molecule has 9 heteroatoms. The van der Waals surface area contributed by atoms with Crippen molar-refractivity contribution in [3.8, 4) is 0 Å². The Morgan fingerprint density at radius 1 is 0.970 bits per heavy atom. The van der Waals surface area contributed by atoms with Crippen molar-refractivity contribution in [1.29, 1.82) is 0 Å². The second-order valence-corrected chi connectivity index (χ2v) is 8.50. The van der Waals surface area contributed by atoms with Crippen molar-refractivity contribution >= 4 is 29.6 Å². The fourth-order valence-electron chi connectivity index (χ4n) is 3.57. The second-order valence-electron chi connectivity index (χ2n) is 7.63. The number of nitrogens with zero attached hydrogens (tertiary/aromatic N) is 2. The molecule has 0 bridgehead atoms. The fourth-order valence-corrected chi connectivity index (χ4v) is 4.26. The molecule has 2 unspecified atom stereocenters. The highest BCUT2D eigenvalue weighted by Gasteiger charge is 2.33. The molecule has 174 valence electrons. The minimum absolute atomic E-state index is 0.232. The average Bonchev–Trinajstić information content (AvgIpc) is 3.34. The van der Waals surface area contributed by atoms with Gasteiger partial charge in [-0.2, -0.15) is 0 Å². The molecule has 2 atom stereocenters. The van der Waals surface area contributed by atoms with Gasteiger partial charge < -0.3 is 10.2 Å². The molecule has 0 aliphatic carbocycles. The van der Waals surface area contributed by atoms with Crippen LogP contribution in [0.3, 0.4) is 0 Å². The van der Waals surface area contributed by atoms with Gasteiger partial charge in [0.2, 0.25) is 0 Å². The maximum Gasteiger partial charge on any atom is 0.325 e. The standard InChI is InChI=1S/C24H27N3O5S/c28-22(29)16-27(26-13-14-33-17-26)23(30)21(15-19-9-5-2-6-10-19)25-20(24(31)32)12-11-18-7-3-1-4-8-18/h1-10,13-14,20-21,25H,11-12,15-17H2,(H,28,29)(H,31,32). The number of amides is 1. The lowest BCUT2D eigenvalue weighted by atomic mass is 10.0. The van der Waals surface area contributed by atoms with Crippen molar-refractivity contribution in [3.63, 3.8) is 0 Å². The van der Waals surface area contributed by atoms with E-state index < -0.39 is 36.5 Å². The van der Waals surface area contributed by atoms with Crippen LogP contribution in [0, 0.1) is 0 Å². The van der Waals surface area contributed by atoms with E-state index >= 15 is 0 Å². The van der Waals surface area contributed by atoms with Gasteiger partial charge in [-0.25, -0.2) is 5.01 Å². The first-order valence-electron chi connectivity index (χ1n) is 10.6. The lowest BCUT2D eigenvalue weighted by Gasteiger charge is -2.34. The molecule has 2 aromatic rings. The molecule has 0 saturated carbocycles. The molecular weight excluding hydrogens is 442 g/mol. The van der Waals surface area contributed by atoms with Crippen LogP contribution in [0.2, 0.25) is 0 Å². The number of carbonyl (C=O) groups excluding carboxylic acids is 1. The summed E-state index contributed by atoms with van der Waals surface area (Å²) in [5, 5.41) is 26.7. The molecule has 2 aromatic carbocycles. The maximum absolute atomic E-state index is 13.5. The summed E-state index contributed by atoms with van der Waals surface area (Å²) in [5.41, 5.74) is 1.85. The Bertz CT molecular complexity index is 971. The number of hydrazine groups is 1. The van der Waals surface area contributed by atoms with Crippen LogP contribution in [0.4, 0.5) is 0 Å². The summed E-state index contributed by atoms with van der Waals surface area (Å²) in [7, 11) is 0. The van der Waals surface area contributed by atoms with Crippen molar-refractivity contribution in [2.45, 2.75) is 31.3 Å². The summed E-state index contributed by atoms with van der Waals surface area (Å²) < 4.78 is 0. The number of nitrogens with one attached hydrogen (secondary N) is 1. The number of hydrogen-bond donors (Lipinski definition) is 3. The number of aliphatic carboxylic acids is 2. The SMILES string of the molecule is O=C(O)CN(C(=O)C(Cc1ccccc1)NC(CCc1ccccc1)C(=O)O)N1C=CSC1. The third-order valence-corrected chi connectivity index (χ3v) is 5.96. The van der Waals surface area contributed by atoms with Crippen LogP contribution in [0.15, 0.2) is 72.3 Å². The molecule has 1 amide bonds. The minimum atomic E-state index is -1.15. The molecular formula is C24H27N3O5S. The highest BCUT2D eigenvalue weighted by atomic mass is 32.2. The Hall–Kier alpha value is -3.30. The van der Waals surface area contributed by atoms with Crippen LogP contribution < -0.4 is 5.32 Å². The van der Waals surface area contributed by atoms with Gasteiger partial charge in [0.15, 0.2) is 0 Å². The van der Waals surface area contributed by atoms with Gasteiger partial charge >= 0.3 is 11.9 Å². The predicted octanol–water partition coefficient (Wildman–Crippen LogP) is 2.58. The summed E-state index contributed by atoms with van der Waals surface area (Å²) in [5.74, 6) is -2.28. The van der Waals surface area contributed by atoms with Crippen LogP contribution >= 0.6 is 11.8 Å². The number of aryl methyl sites for hydroxylation is 1. The van der Waals surface area contributed by atoms with Gasteiger partial charge in [-0.15, -0.1) is 11.8 Å². The molecule has 0 fully saturated rings. The summed E-state index contributed by atoms with van der Waals surface area (Å²) in [6.07, 6.45) is 2.70. The first kappa shape index (κ1) is 24.3. The van der Waals surface area contributed by atoms with Crippen LogP contribution in [-0.2, 0) is 27.2 Å². The van der Waals surface area contributed by atoms with Crippen molar-refractivity contribution in [3.05, 3.63) is 83.4 Å². The van der Waals surface area contributed by atoms with Gasteiger partial charge in [-0.3, -0.25) is 24.7 Å². The Morgan fingerprint density at radius 3 is 2.15 bits per heavy atom. The van der Waals surface area contributed by atoms with Gasteiger partial charge in [0.25, 0.3) is 5.91 Å². The van der Waals surface area contributed by atoms with Crippen molar-refractivity contribution < 1.29 is 24.6 Å². The predicted molar refractivity (Wildman–Crippen MR) is 126 cm³/mol.